The molecule has 3 heteroatoms. The molecule has 0 aromatic carbocycles. The predicted octanol–water partition coefficient (Wildman–Crippen LogP) is 2.01. The van der Waals surface area contributed by atoms with Crippen molar-refractivity contribution >= 4 is 0 Å². The molecule has 0 aliphatic carbocycles. The minimum Gasteiger partial charge on any atom is -0.382 e. The van der Waals surface area contributed by atoms with E-state index in [0.29, 0.717) is 6.04 Å². The van der Waals surface area contributed by atoms with Crippen LogP contribution in [0.2, 0.25) is 0 Å². The van der Waals surface area contributed by atoms with Crippen LogP contribution in [-0.2, 0) is 4.74 Å². The Morgan fingerprint density at radius 1 is 1.12 bits per heavy atom. The van der Waals surface area contributed by atoms with Gasteiger partial charge in [0, 0.05) is 19.3 Å². The highest BCUT2D eigenvalue weighted by Gasteiger charge is 2.14. The number of hydrogen-bond acceptors (Lipinski definition) is 3. The van der Waals surface area contributed by atoms with Crippen LogP contribution in [0.4, 0.5) is 0 Å². The number of unbranched alkanes of at least 4 members (excludes halogenated alkanes) is 3. The second-order valence-corrected chi connectivity index (χ2v) is 4.79. The van der Waals surface area contributed by atoms with E-state index in [-0.39, 0.29) is 0 Å². The first kappa shape index (κ1) is 13.9. The summed E-state index contributed by atoms with van der Waals surface area (Å²) in [5.74, 6) is 0. The quantitative estimate of drug-likeness (QED) is 0.646. The molecule has 0 unspecified atom stereocenters. The molecule has 1 aliphatic rings. The second kappa shape index (κ2) is 8.97. The van der Waals surface area contributed by atoms with Crippen LogP contribution in [0.3, 0.4) is 0 Å². The van der Waals surface area contributed by atoms with E-state index < -0.39 is 0 Å². The van der Waals surface area contributed by atoms with Crippen molar-refractivity contribution in [3.05, 3.63) is 0 Å². The summed E-state index contributed by atoms with van der Waals surface area (Å²) in [5, 5.41) is 0. The van der Waals surface area contributed by atoms with Crippen LogP contribution < -0.4 is 5.73 Å². The maximum atomic E-state index is 5.88. The molecule has 1 heterocycles. The summed E-state index contributed by atoms with van der Waals surface area (Å²) in [6.45, 7) is 7.53. The van der Waals surface area contributed by atoms with Crippen molar-refractivity contribution < 1.29 is 4.74 Å². The van der Waals surface area contributed by atoms with Crippen LogP contribution in [0.15, 0.2) is 0 Å². The molecule has 0 atom stereocenters. The largest absolute Gasteiger partial charge is 0.382 e. The first-order valence-electron chi connectivity index (χ1n) is 6.88. The molecule has 1 saturated heterocycles. The molecule has 0 amide bonds. The number of piperidine rings is 1. The van der Waals surface area contributed by atoms with Crippen molar-refractivity contribution in [1.29, 1.82) is 0 Å². The van der Waals surface area contributed by atoms with E-state index >= 15 is 0 Å². The smallest absolute Gasteiger partial charge is 0.0465 e. The zero-order valence-corrected chi connectivity index (χ0v) is 10.8. The lowest BCUT2D eigenvalue weighted by Crippen LogP contribution is -2.39. The molecular formula is C13H28N2O. The fourth-order valence-corrected chi connectivity index (χ4v) is 2.21. The van der Waals surface area contributed by atoms with E-state index in [1.165, 1.54) is 58.2 Å². The normalized spacial score (nSPS) is 19.1. The summed E-state index contributed by atoms with van der Waals surface area (Å²) in [6.07, 6.45) is 7.58. The van der Waals surface area contributed by atoms with E-state index in [1.807, 2.05) is 0 Å². The van der Waals surface area contributed by atoms with Crippen LogP contribution in [0.25, 0.3) is 0 Å². The van der Waals surface area contributed by atoms with Crippen molar-refractivity contribution in [3.63, 3.8) is 0 Å². The average Bonchev–Trinajstić information content (AvgIpc) is 2.30. The van der Waals surface area contributed by atoms with Gasteiger partial charge in [0.05, 0.1) is 0 Å². The van der Waals surface area contributed by atoms with Gasteiger partial charge in [-0.2, -0.15) is 0 Å². The Kier molecular flexibility index (Phi) is 7.81. The standard InChI is InChI=1S/C13H28N2O/c1-2-16-12-6-4-3-5-9-15-10-7-13(14)8-11-15/h13H,2-12,14H2,1H3. The number of likely N-dealkylation sites (tertiary alicyclic amines) is 1. The Hall–Kier alpha value is -0.120. The number of hydrogen-bond donors (Lipinski definition) is 1. The van der Waals surface area contributed by atoms with Gasteiger partial charge in [-0.15, -0.1) is 0 Å². The zero-order valence-electron chi connectivity index (χ0n) is 10.8. The van der Waals surface area contributed by atoms with Crippen molar-refractivity contribution in [2.24, 2.45) is 5.73 Å². The SMILES string of the molecule is CCOCCCCCCN1CCC(N)CC1. The fourth-order valence-electron chi connectivity index (χ4n) is 2.21. The van der Waals surface area contributed by atoms with Crippen LogP contribution in [0, 0.1) is 0 Å². The summed E-state index contributed by atoms with van der Waals surface area (Å²) < 4.78 is 5.32. The molecule has 0 aromatic rings. The number of nitrogens with zero attached hydrogens (tertiary/aromatic N) is 1. The van der Waals surface area contributed by atoms with E-state index in [2.05, 4.69) is 11.8 Å². The molecule has 0 spiro atoms. The number of nitrogens with two attached hydrogens (primary N) is 1. The lowest BCUT2D eigenvalue weighted by atomic mass is 10.1. The Labute approximate surface area is 100 Å². The van der Waals surface area contributed by atoms with Crippen molar-refractivity contribution in [2.75, 3.05) is 32.8 Å². The average molecular weight is 228 g/mol. The summed E-state index contributed by atoms with van der Waals surface area (Å²) in [5.41, 5.74) is 5.88. The Bertz CT molecular complexity index is 156. The third kappa shape index (κ3) is 6.46. The monoisotopic (exact) mass is 228 g/mol. The molecule has 0 aromatic heterocycles. The first-order chi connectivity index (χ1) is 7.83. The molecule has 2 N–H and O–H groups in total. The zero-order chi connectivity index (χ0) is 11.6. The summed E-state index contributed by atoms with van der Waals surface area (Å²) in [4.78, 5) is 2.56. The highest BCUT2D eigenvalue weighted by Crippen LogP contribution is 2.10. The molecule has 16 heavy (non-hydrogen) atoms. The van der Waals surface area contributed by atoms with Gasteiger partial charge in [-0.25, -0.2) is 0 Å². The summed E-state index contributed by atoms with van der Waals surface area (Å²) >= 11 is 0. The van der Waals surface area contributed by atoms with Gasteiger partial charge in [-0.1, -0.05) is 12.8 Å². The Balaban J connectivity index is 1.84. The van der Waals surface area contributed by atoms with E-state index in [0.717, 1.165) is 13.2 Å². The van der Waals surface area contributed by atoms with Gasteiger partial charge >= 0.3 is 0 Å². The minimum absolute atomic E-state index is 0.461. The van der Waals surface area contributed by atoms with E-state index in [1.54, 1.807) is 0 Å². The van der Waals surface area contributed by atoms with Gasteiger partial charge in [0.25, 0.3) is 0 Å². The van der Waals surface area contributed by atoms with Gasteiger partial charge in [-0.3, -0.25) is 0 Å². The maximum absolute atomic E-state index is 5.88. The van der Waals surface area contributed by atoms with Crippen molar-refractivity contribution in [2.45, 2.75) is 51.5 Å². The fraction of sp³-hybridized carbons (Fsp3) is 1.00. The minimum atomic E-state index is 0.461. The molecule has 1 rings (SSSR count). The molecule has 0 radical (unpaired) electrons. The lowest BCUT2D eigenvalue weighted by molar-refractivity contribution is 0.142. The summed E-state index contributed by atoms with van der Waals surface area (Å²) in [6, 6.07) is 0.461. The lowest BCUT2D eigenvalue weighted by Gasteiger charge is -2.29. The molecule has 96 valence electrons. The topological polar surface area (TPSA) is 38.5 Å². The van der Waals surface area contributed by atoms with Crippen molar-refractivity contribution in [3.8, 4) is 0 Å². The predicted molar refractivity (Wildman–Crippen MR) is 68.6 cm³/mol. The third-order valence-corrected chi connectivity index (χ3v) is 3.35. The Morgan fingerprint density at radius 3 is 2.50 bits per heavy atom. The molecule has 0 bridgehead atoms. The molecule has 1 aliphatic heterocycles. The molecule has 1 fully saturated rings. The molecular weight excluding hydrogens is 200 g/mol. The van der Waals surface area contributed by atoms with Gasteiger partial charge in [0.1, 0.15) is 0 Å². The summed E-state index contributed by atoms with van der Waals surface area (Å²) in [7, 11) is 0. The number of rotatable bonds is 8. The van der Waals surface area contributed by atoms with Gasteiger partial charge in [0.2, 0.25) is 0 Å². The highest BCUT2D eigenvalue weighted by atomic mass is 16.5. The molecule has 3 nitrogen and oxygen atoms in total. The van der Waals surface area contributed by atoms with Gasteiger partial charge in [0.15, 0.2) is 0 Å². The molecule has 0 saturated carbocycles. The first-order valence-corrected chi connectivity index (χ1v) is 6.88. The van der Waals surface area contributed by atoms with E-state index in [9.17, 15) is 0 Å². The highest BCUT2D eigenvalue weighted by molar-refractivity contribution is 4.73. The maximum Gasteiger partial charge on any atom is 0.0465 e. The van der Waals surface area contributed by atoms with E-state index in [4.69, 9.17) is 10.5 Å². The van der Waals surface area contributed by atoms with Gasteiger partial charge < -0.3 is 15.4 Å². The van der Waals surface area contributed by atoms with Crippen LogP contribution in [0.1, 0.15) is 45.4 Å². The number of ether oxygens (including phenoxy) is 1. The van der Waals surface area contributed by atoms with Crippen LogP contribution >= 0.6 is 0 Å². The van der Waals surface area contributed by atoms with Crippen LogP contribution in [-0.4, -0.2) is 43.8 Å². The van der Waals surface area contributed by atoms with Crippen LogP contribution in [0.5, 0.6) is 0 Å². The van der Waals surface area contributed by atoms with Crippen molar-refractivity contribution in [1.82, 2.24) is 4.90 Å². The van der Waals surface area contributed by atoms with Gasteiger partial charge in [-0.05, 0) is 52.2 Å². The third-order valence-electron chi connectivity index (χ3n) is 3.35. The Morgan fingerprint density at radius 2 is 1.81 bits per heavy atom. The second-order valence-electron chi connectivity index (χ2n) is 4.79.